The third-order valence-corrected chi connectivity index (χ3v) is 5.86. The quantitative estimate of drug-likeness (QED) is 0.298. The second-order valence-corrected chi connectivity index (χ2v) is 7.97. The molecule has 0 bridgehead atoms. The molecule has 9 heteroatoms. The number of amides is 1. The van der Waals surface area contributed by atoms with Gasteiger partial charge in [0.25, 0.3) is 0 Å². The number of hydrogen-bond acceptors (Lipinski definition) is 3. The van der Waals surface area contributed by atoms with Gasteiger partial charge in [0, 0.05) is 51.7 Å². The lowest BCUT2D eigenvalue weighted by Crippen LogP contribution is -2.51. The molecule has 0 atom stereocenters. The standard InChI is InChI=1S/C22H33F2N5O.HI/c1-2-25-22(26-9-8-18-16-19(23)6-7-20(18)24)27-10-11-28-12-14-29(15-13-28)21(30)17-4-3-5-17;/h6-7,16-17H,2-5,8-15H2,1H3,(H2,25,26,27);1H. The van der Waals surface area contributed by atoms with Crippen LogP contribution in [0, 0.1) is 17.6 Å². The lowest BCUT2D eigenvalue weighted by atomic mass is 9.84. The number of hydrogen-bond donors (Lipinski definition) is 2. The average Bonchev–Trinajstić information content (AvgIpc) is 2.70. The molecule has 31 heavy (non-hydrogen) atoms. The van der Waals surface area contributed by atoms with E-state index in [1.807, 2.05) is 11.8 Å². The van der Waals surface area contributed by atoms with Crippen molar-refractivity contribution in [1.82, 2.24) is 20.4 Å². The maximum atomic E-state index is 13.7. The smallest absolute Gasteiger partial charge is 0.225 e. The van der Waals surface area contributed by atoms with E-state index in [0.717, 1.165) is 64.2 Å². The first-order valence-electron chi connectivity index (χ1n) is 11.0. The summed E-state index contributed by atoms with van der Waals surface area (Å²) in [5.74, 6) is 0.465. The molecule has 1 aliphatic heterocycles. The van der Waals surface area contributed by atoms with Crippen LogP contribution in [-0.4, -0.2) is 74.0 Å². The first-order chi connectivity index (χ1) is 14.6. The Labute approximate surface area is 200 Å². The topological polar surface area (TPSA) is 60.0 Å². The molecule has 6 nitrogen and oxygen atoms in total. The predicted octanol–water partition coefficient (Wildman–Crippen LogP) is 2.62. The Morgan fingerprint density at radius 1 is 1.16 bits per heavy atom. The van der Waals surface area contributed by atoms with Crippen LogP contribution in [0.5, 0.6) is 0 Å². The first kappa shape index (κ1) is 25.8. The third kappa shape index (κ3) is 7.85. The van der Waals surface area contributed by atoms with Crippen LogP contribution < -0.4 is 10.6 Å². The molecular weight excluding hydrogens is 515 g/mol. The molecule has 1 saturated heterocycles. The van der Waals surface area contributed by atoms with Gasteiger partial charge in [-0.25, -0.2) is 8.78 Å². The van der Waals surface area contributed by atoms with Gasteiger partial charge in [0.05, 0.1) is 6.54 Å². The monoisotopic (exact) mass is 549 g/mol. The molecule has 3 rings (SSSR count). The minimum atomic E-state index is -0.429. The second-order valence-electron chi connectivity index (χ2n) is 7.97. The van der Waals surface area contributed by atoms with Crippen LogP contribution >= 0.6 is 24.0 Å². The van der Waals surface area contributed by atoms with Gasteiger partial charge in [0.1, 0.15) is 11.6 Å². The molecule has 1 saturated carbocycles. The number of aliphatic imine (C=N–C) groups is 1. The van der Waals surface area contributed by atoms with Crippen LogP contribution in [0.1, 0.15) is 31.7 Å². The molecule has 1 amide bonds. The first-order valence-corrected chi connectivity index (χ1v) is 11.0. The van der Waals surface area contributed by atoms with Crippen molar-refractivity contribution in [2.75, 3.05) is 52.4 Å². The minimum absolute atomic E-state index is 0. The van der Waals surface area contributed by atoms with Crippen LogP contribution in [0.2, 0.25) is 0 Å². The van der Waals surface area contributed by atoms with E-state index in [-0.39, 0.29) is 29.9 Å². The van der Waals surface area contributed by atoms with Gasteiger partial charge in [0.15, 0.2) is 5.96 Å². The van der Waals surface area contributed by atoms with E-state index in [1.54, 1.807) is 0 Å². The Balaban J connectivity index is 0.00000341. The maximum absolute atomic E-state index is 13.7. The number of carbonyl (C=O) groups is 1. The number of guanidine groups is 1. The van der Waals surface area contributed by atoms with Crippen molar-refractivity contribution >= 4 is 35.8 Å². The van der Waals surface area contributed by atoms with Crippen LogP contribution in [-0.2, 0) is 11.2 Å². The summed E-state index contributed by atoms with van der Waals surface area (Å²) in [6.45, 7) is 8.03. The Morgan fingerprint density at radius 3 is 2.55 bits per heavy atom. The van der Waals surface area contributed by atoms with Gasteiger partial charge in [-0.05, 0) is 49.9 Å². The fourth-order valence-corrected chi connectivity index (χ4v) is 3.80. The largest absolute Gasteiger partial charge is 0.357 e. The molecule has 1 aromatic rings. The molecule has 1 heterocycles. The zero-order chi connectivity index (χ0) is 21.3. The highest BCUT2D eigenvalue weighted by molar-refractivity contribution is 14.0. The Hall–Kier alpha value is -1.49. The highest BCUT2D eigenvalue weighted by atomic mass is 127. The van der Waals surface area contributed by atoms with Gasteiger partial charge < -0.3 is 15.5 Å². The van der Waals surface area contributed by atoms with Crippen molar-refractivity contribution < 1.29 is 13.6 Å². The maximum Gasteiger partial charge on any atom is 0.225 e. The van der Waals surface area contributed by atoms with Crippen LogP contribution in [0.25, 0.3) is 0 Å². The summed E-state index contributed by atoms with van der Waals surface area (Å²) in [6, 6.07) is 3.51. The Kier molecular flexibility index (Phi) is 10.9. The zero-order valence-corrected chi connectivity index (χ0v) is 20.5. The average molecular weight is 549 g/mol. The van der Waals surface area contributed by atoms with E-state index in [2.05, 4.69) is 20.5 Å². The summed E-state index contributed by atoms with van der Waals surface area (Å²) < 4.78 is 27.0. The molecule has 0 spiro atoms. The highest BCUT2D eigenvalue weighted by Crippen LogP contribution is 2.28. The molecule has 174 valence electrons. The number of piperazine rings is 1. The molecule has 2 aliphatic rings. The summed E-state index contributed by atoms with van der Waals surface area (Å²) in [5.41, 5.74) is 0.354. The zero-order valence-electron chi connectivity index (χ0n) is 18.2. The van der Waals surface area contributed by atoms with Gasteiger partial charge in [-0.2, -0.15) is 0 Å². The van der Waals surface area contributed by atoms with Gasteiger partial charge in [-0.3, -0.25) is 14.7 Å². The molecule has 0 unspecified atom stereocenters. The summed E-state index contributed by atoms with van der Waals surface area (Å²) in [6.07, 6.45) is 3.68. The molecule has 0 radical (unpaired) electrons. The molecule has 2 fully saturated rings. The van der Waals surface area contributed by atoms with Gasteiger partial charge in [-0.1, -0.05) is 6.42 Å². The predicted molar refractivity (Wildman–Crippen MR) is 130 cm³/mol. The number of benzene rings is 1. The van der Waals surface area contributed by atoms with Gasteiger partial charge in [0.2, 0.25) is 5.91 Å². The lowest BCUT2D eigenvalue weighted by molar-refractivity contribution is -0.139. The van der Waals surface area contributed by atoms with Crippen molar-refractivity contribution in [3.63, 3.8) is 0 Å². The van der Waals surface area contributed by atoms with Crippen LogP contribution in [0.15, 0.2) is 23.2 Å². The van der Waals surface area contributed by atoms with Crippen LogP contribution in [0.3, 0.4) is 0 Å². The molecule has 1 aliphatic carbocycles. The van der Waals surface area contributed by atoms with Gasteiger partial charge >= 0.3 is 0 Å². The summed E-state index contributed by atoms with van der Waals surface area (Å²) in [5, 5.41) is 6.36. The van der Waals surface area contributed by atoms with E-state index in [9.17, 15) is 13.6 Å². The summed E-state index contributed by atoms with van der Waals surface area (Å²) in [4.78, 5) is 21.3. The molecule has 1 aromatic carbocycles. The van der Waals surface area contributed by atoms with Crippen molar-refractivity contribution in [1.29, 1.82) is 0 Å². The van der Waals surface area contributed by atoms with Crippen molar-refractivity contribution in [2.24, 2.45) is 10.9 Å². The van der Waals surface area contributed by atoms with E-state index in [1.165, 1.54) is 12.5 Å². The fourth-order valence-electron chi connectivity index (χ4n) is 3.80. The van der Waals surface area contributed by atoms with Crippen molar-refractivity contribution in [2.45, 2.75) is 32.6 Å². The van der Waals surface area contributed by atoms with Crippen LogP contribution in [0.4, 0.5) is 8.78 Å². The van der Waals surface area contributed by atoms with E-state index >= 15 is 0 Å². The molecular formula is C22H34F2IN5O. The fraction of sp³-hybridized carbons (Fsp3) is 0.636. The number of rotatable bonds is 8. The number of carbonyl (C=O) groups excluding carboxylic acids is 1. The van der Waals surface area contributed by atoms with E-state index < -0.39 is 11.6 Å². The molecule has 0 aromatic heterocycles. The highest BCUT2D eigenvalue weighted by Gasteiger charge is 2.30. The summed E-state index contributed by atoms with van der Waals surface area (Å²) >= 11 is 0. The third-order valence-electron chi connectivity index (χ3n) is 5.86. The van der Waals surface area contributed by atoms with Gasteiger partial charge in [-0.15, -0.1) is 24.0 Å². The Bertz CT molecular complexity index is 737. The number of nitrogens with zero attached hydrogens (tertiary/aromatic N) is 3. The Morgan fingerprint density at radius 2 is 1.90 bits per heavy atom. The normalized spacial score (nSPS) is 17.6. The second kappa shape index (κ2) is 13.1. The number of halogens is 3. The summed E-state index contributed by atoms with van der Waals surface area (Å²) in [7, 11) is 0. The van der Waals surface area contributed by atoms with E-state index in [4.69, 9.17) is 0 Å². The van der Waals surface area contributed by atoms with Crippen molar-refractivity contribution in [3.05, 3.63) is 35.4 Å². The van der Waals surface area contributed by atoms with E-state index in [0.29, 0.717) is 36.9 Å². The number of nitrogens with one attached hydrogen (secondary N) is 2. The SMILES string of the molecule is CCNC(=NCCN1CCN(C(=O)C2CCC2)CC1)NCCc1cc(F)ccc1F.I. The minimum Gasteiger partial charge on any atom is -0.357 e. The lowest BCUT2D eigenvalue weighted by Gasteiger charge is -2.38. The van der Waals surface area contributed by atoms with Crippen molar-refractivity contribution in [3.8, 4) is 0 Å². The molecule has 2 N–H and O–H groups in total.